The van der Waals surface area contributed by atoms with Gasteiger partial charge in [0.2, 0.25) is 5.91 Å². The molecule has 2 N–H and O–H groups in total. The van der Waals surface area contributed by atoms with E-state index in [2.05, 4.69) is 11.2 Å². The highest BCUT2D eigenvalue weighted by Gasteiger charge is 2.29. The molecule has 4 heteroatoms. The van der Waals surface area contributed by atoms with Crippen LogP contribution in [0, 0.1) is 12.3 Å². The Labute approximate surface area is 113 Å². The van der Waals surface area contributed by atoms with Crippen molar-refractivity contribution in [2.45, 2.75) is 25.5 Å². The first-order valence-corrected chi connectivity index (χ1v) is 6.40. The van der Waals surface area contributed by atoms with Crippen LogP contribution in [-0.4, -0.2) is 30.1 Å². The summed E-state index contributed by atoms with van der Waals surface area (Å²) in [6.45, 7) is 2.74. The normalized spacial score (nSPS) is 19.2. The van der Waals surface area contributed by atoms with Crippen LogP contribution >= 0.6 is 0 Å². The average molecular weight is 258 g/mol. The first-order chi connectivity index (χ1) is 9.15. The van der Waals surface area contributed by atoms with Gasteiger partial charge in [0.1, 0.15) is 6.04 Å². The van der Waals surface area contributed by atoms with Crippen LogP contribution in [0.3, 0.4) is 0 Å². The number of hydrogen-bond donors (Lipinski definition) is 2. The van der Waals surface area contributed by atoms with E-state index in [9.17, 15) is 9.90 Å². The second-order valence-electron chi connectivity index (χ2n) is 4.65. The molecule has 19 heavy (non-hydrogen) atoms. The van der Waals surface area contributed by atoms with Gasteiger partial charge in [0.05, 0.1) is 12.6 Å². The summed E-state index contributed by atoms with van der Waals surface area (Å²) in [5.74, 6) is 2.30. The summed E-state index contributed by atoms with van der Waals surface area (Å²) in [6, 6.07) is 7.34. The Kier molecular flexibility index (Phi) is 4.08. The first-order valence-electron chi connectivity index (χ1n) is 6.40. The van der Waals surface area contributed by atoms with Crippen molar-refractivity contribution < 1.29 is 9.90 Å². The van der Waals surface area contributed by atoms with Gasteiger partial charge < -0.3 is 15.3 Å². The number of aliphatic hydroxyl groups is 1. The zero-order chi connectivity index (χ0) is 13.8. The molecule has 0 saturated carbocycles. The SMILES string of the molecule is C#CCNC(=O)C(C)N1CCC(O)c2ccccc21. The minimum absolute atomic E-state index is 0.0934. The predicted molar refractivity (Wildman–Crippen MR) is 74.7 cm³/mol. The van der Waals surface area contributed by atoms with Gasteiger partial charge in [0.25, 0.3) is 0 Å². The molecule has 1 aromatic carbocycles. The summed E-state index contributed by atoms with van der Waals surface area (Å²) in [6.07, 6.45) is 5.32. The van der Waals surface area contributed by atoms with Gasteiger partial charge in [-0.05, 0) is 19.4 Å². The summed E-state index contributed by atoms with van der Waals surface area (Å²) in [5.41, 5.74) is 1.80. The average Bonchev–Trinajstić information content (AvgIpc) is 2.45. The van der Waals surface area contributed by atoms with Gasteiger partial charge in [0.15, 0.2) is 0 Å². The van der Waals surface area contributed by atoms with Gasteiger partial charge >= 0.3 is 0 Å². The Morgan fingerprint density at radius 1 is 1.63 bits per heavy atom. The Bertz CT molecular complexity index is 507. The molecule has 1 amide bonds. The second kappa shape index (κ2) is 5.77. The van der Waals surface area contributed by atoms with Crippen molar-refractivity contribution in [1.82, 2.24) is 5.32 Å². The molecular formula is C15H18N2O2. The van der Waals surface area contributed by atoms with Crippen LogP contribution < -0.4 is 10.2 Å². The van der Waals surface area contributed by atoms with Crippen molar-refractivity contribution in [1.29, 1.82) is 0 Å². The number of nitrogens with one attached hydrogen (secondary N) is 1. The lowest BCUT2D eigenvalue weighted by atomic mass is 9.97. The van der Waals surface area contributed by atoms with E-state index < -0.39 is 6.10 Å². The molecular weight excluding hydrogens is 240 g/mol. The Morgan fingerprint density at radius 3 is 3.11 bits per heavy atom. The molecule has 2 unspecified atom stereocenters. The zero-order valence-electron chi connectivity index (χ0n) is 11.0. The zero-order valence-corrected chi connectivity index (χ0v) is 11.0. The lowest BCUT2D eigenvalue weighted by molar-refractivity contribution is -0.121. The fraction of sp³-hybridized carbons (Fsp3) is 0.400. The molecule has 0 radical (unpaired) electrons. The highest BCUT2D eigenvalue weighted by molar-refractivity contribution is 5.85. The molecule has 100 valence electrons. The number of carbonyl (C=O) groups excluding carboxylic acids is 1. The summed E-state index contributed by atoms with van der Waals surface area (Å²) in [4.78, 5) is 14.0. The van der Waals surface area contributed by atoms with Gasteiger partial charge in [0, 0.05) is 17.8 Å². The monoisotopic (exact) mass is 258 g/mol. The van der Waals surface area contributed by atoms with E-state index in [-0.39, 0.29) is 18.5 Å². The highest BCUT2D eigenvalue weighted by atomic mass is 16.3. The van der Waals surface area contributed by atoms with Crippen molar-refractivity contribution in [2.24, 2.45) is 0 Å². The number of benzene rings is 1. The van der Waals surface area contributed by atoms with Gasteiger partial charge in [-0.1, -0.05) is 24.1 Å². The van der Waals surface area contributed by atoms with E-state index in [1.165, 1.54) is 0 Å². The second-order valence-corrected chi connectivity index (χ2v) is 4.65. The topological polar surface area (TPSA) is 52.6 Å². The fourth-order valence-corrected chi connectivity index (χ4v) is 2.40. The Balaban J connectivity index is 2.20. The van der Waals surface area contributed by atoms with Crippen LogP contribution in [0.4, 0.5) is 5.69 Å². The maximum atomic E-state index is 12.0. The van der Waals surface area contributed by atoms with Crippen LogP contribution in [0.25, 0.3) is 0 Å². The maximum absolute atomic E-state index is 12.0. The van der Waals surface area contributed by atoms with Gasteiger partial charge in [-0.2, -0.15) is 0 Å². The molecule has 0 aliphatic carbocycles. The molecule has 0 bridgehead atoms. The molecule has 0 aromatic heterocycles. The molecule has 1 heterocycles. The summed E-state index contributed by atoms with van der Waals surface area (Å²) in [5, 5.41) is 12.7. The number of terminal acetylenes is 1. The Morgan fingerprint density at radius 2 is 2.37 bits per heavy atom. The number of hydrogen-bond acceptors (Lipinski definition) is 3. The van der Waals surface area contributed by atoms with Crippen LogP contribution in [0.1, 0.15) is 25.0 Å². The van der Waals surface area contributed by atoms with E-state index in [1.807, 2.05) is 36.1 Å². The molecule has 1 aromatic rings. The number of para-hydroxylation sites is 1. The van der Waals surface area contributed by atoms with Crippen LogP contribution in [0.5, 0.6) is 0 Å². The molecule has 4 nitrogen and oxygen atoms in total. The van der Waals surface area contributed by atoms with Crippen molar-refractivity contribution in [3.63, 3.8) is 0 Å². The molecule has 2 rings (SSSR count). The van der Waals surface area contributed by atoms with Gasteiger partial charge in [-0.15, -0.1) is 6.42 Å². The first kappa shape index (κ1) is 13.4. The molecule has 1 aliphatic heterocycles. The van der Waals surface area contributed by atoms with Crippen molar-refractivity contribution in [3.05, 3.63) is 29.8 Å². The van der Waals surface area contributed by atoms with E-state index in [0.717, 1.165) is 11.3 Å². The van der Waals surface area contributed by atoms with Crippen molar-refractivity contribution in [3.8, 4) is 12.3 Å². The largest absolute Gasteiger partial charge is 0.388 e. The number of nitrogens with zero attached hydrogens (tertiary/aromatic N) is 1. The third-order valence-corrected chi connectivity index (χ3v) is 3.46. The van der Waals surface area contributed by atoms with E-state index >= 15 is 0 Å². The summed E-state index contributed by atoms with van der Waals surface area (Å²) in [7, 11) is 0. The molecule has 0 spiro atoms. The quantitative estimate of drug-likeness (QED) is 0.797. The molecule has 1 aliphatic rings. The van der Waals surface area contributed by atoms with E-state index in [0.29, 0.717) is 13.0 Å². The number of anilines is 1. The van der Waals surface area contributed by atoms with Crippen molar-refractivity contribution >= 4 is 11.6 Å². The molecule has 0 fully saturated rings. The maximum Gasteiger partial charge on any atom is 0.243 e. The number of carbonyl (C=O) groups is 1. The minimum atomic E-state index is -0.451. The number of fused-ring (bicyclic) bond motifs is 1. The number of rotatable bonds is 3. The van der Waals surface area contributed by atoms with Gasteiger partial charge in [-0.25, -0.2) is 0 Å². The lowest BCUT2D eigenvalue weighted by Crippen LogP contribution is -2.47. The molecule has 2 atom stereocenters. The highest BCUT2D eigenvalue weighted by Crippen LogP contribution is 2.34. The Hall–Kier alpha value is -1.99. The standard InChI is InChI=1S/C15H18N2O2/c1-3-9-16-15(19)11(2)17-10-8-14(18)12-6-4-5-7-13(12)17/h1,4-7,11,14,18H,8-10H2,2H3,(H,16,19). The van der Waals surface area contributed by atoms with Gasteiger partial charge in [-0.3, -0.25) is 4.79 Å². The fourth-order valence-electron chi connectivity index (χ4n) is 2.40. The van der Waals surface area contributed by atoms with E-state index in [1.54, 1.807) is 0 Å². The summed E-state index contributed by atoms with van der Waals surface area (Å²) >= 11 is 0. The molecule has 0 saturated heterocycles. The third-order valence-electron chi connectivity index (χ3n) is 3.46. The minimum Gasteiger partial charge on any atom is -0.388 e. The van der Waals surface area contributed by atoms with Crippen LogP contribution in [0.2, 0.25) is 0 Å². The predicted octanol–water partition coefficient (Wildman–Crippen LogP) is 1.07. The van der Waals surface area contributed by atoms with Crippen molar-refractivity contribution in [2.75, 3.05) is 18.0 Å². The number of aliphatic hydroxyl groups excluding tert-OH is 1. The van der Waals surface area contributed by atoms with Crippen LogP contribution in [0.15, 0.2) is 24.3 Å². The smallest absolute Gasteiger partial charge is 0.243 e. The number of amides is 1. The van der Waals surface area contributed by atoms with Crippen LogP contribution in [-0.2, 0) is 4.79 Å². The third kappa shape index (κ3) is 2.72. The van der Waals surface area contributed by atoms with E-state index in [4.69, 9.17) is 6.42 Å². The lowest BCUT2D eigenvalue weighted by Gasteiger charge is -2.37. The summed E-state index contributed by atoms with van der Waals surface area (Å²) < 4.78 is 0.